The average Bonchev–Trinajstić information content (AvgIpc) is 3.13. The molecule has 0 saturated carbocycles. The van der Waals surface area contributed by atoms with Crippen LogP contribution in [0.25, 0.3) is 0 Å². The van der Waals surface area contributed by atoms with Crippen LogP contribution in [0.1, 0.15) is 25.2 Å². The first-order valence-electron chi connectivity index (χ1n) is 8.23. The molecule has 0 aliphatic rings. The number of carbonyl (C=O) groups is 1. The van der Waals surface area contributed by atoms with Crippen molar-refractivity contribution in [1.82, 2.24) is 10.6 Å². The standard InChI is InChI=1S/C18H22F2N2O4/c1-3-24-16-9-13(6-7-15(16)26-18(19)20)10-21-12(2)17(23)22-11-14-5-4-8-25-14/h4-9,12,18,21H,3,10-11H2,1-2H3,(H,22,23). The molecule has 1 aromatic heterocycles. The van der Waals surface area contributed by atoms with Gasteiger partial charge in [-0.05, 0) is 43.7 Å². The Bertz CT molecular complexity index is 693. The van der Waals surface area contributed by atoms with Crippen molar-refractivity contribution < 1.29 is 27.5 Å². The molecular weight excluding hydrogens is 346 g/mol. The molecule has 0 bridgehead atoms. The van der Waals surface area contributed by atoms with Crippen LogP contribution in [0.2, 0.25) is 0 Å². The third-order valence-corrected chi connectivity index (χ3v) is 3.55. The number of alkyl halides is 2. The van der Waals surface area contributed by atoms with Gasteiger partial charge in [0.2, 0.25) is 5.91 Å². The van der Waals surface area contributed by atoms with E-state index in [1.807, 2.05) is 0 Å². The minimum absolute atomic E-state index is 0.0187. The summed E-state index contributed by atoms with van der Waals surface area (Å²) in [5, 5.41) is 5.83. The van der Waals surface area contributed by atoms with Crippen LogP contribution in [-0.2, 0) is 17.9 Å². The van der Waals surface area contributed by atoms with Gasteiger partial charge in [-0.1, -0.05) is 6.07 Å². The van der Waals surface area contributed by atoms with Crippen molar-refractivity contribution in [1.29, 1.82) is 0 Å². The monoisotopic (exact) mass is 368 g/mol. The fraction of sp³-hybridized carbons (Fsp3) is 0.389. The van der Waals surface area contributed by atoms with E-state index < -0.39 is 12.7 Å². The summed E-state index contributed by atoms with van der Waals surface area (Å²) >= 11 is 0. The molecule has 2 rings (SSSR count). The van der Waals surface area contributed by atoms with Gasteiger partial charge in [0.25, 0.3) is 0 Å². The highest BCUT2D eigenvalue weighted by Gasteiger charge is 2.14. The van der Waals surface area contributed by atoms with Crippen LogP contribution in [0.15, 0.2) is 41.0 Å². The van der Waals surface area contributed by atoms with Gasteiger partial charge < -0.3 is 24.5 Å². The number of carbonyl (C=O) groups excluding carboxylic acids is 1. The lowest BCUT2D eigenvalue weighted by molar-refractivity contribution is -0.123. The maximum Gasteiger partial charge on any atom is 0.387 e. The van der Waals surface area contributed by atoms with Crippen LogP contribution in [0.5, 0.6) is 11.5 Å². The summed E-state index contributed by atoms with van der Waals surface area (Å²) in [4.78, 5) is 12.1. The molecule has 1 unspecified atom stereocenters. The SMILES string of the molecule is CCOc1cc(CNC(C)C(=O)NCc2ccco2)ccc1OC(F)F. The lowest BCUT2D eigenvalue weighted by atomic mass is 10.2. The largest absolute Gasteiger partial charge is 0.490 e. The number of benzene rings is 1. The molecule has 1 atom stereocenters. The number of nitrogens with one attached hydrogen (secondary N) is 2. The van der Waals surface area contributed by atoms with Gasteiger partial charge in [0.15, 0.2) is 11.5 Å². The van der Waals surface area contributed by atoms with Gasteiger partial charge in [0.05, 0.1) is 25.5 Å². The van der Waals surface area contributed by atoms with E-state index in [9.17, 15) is 13.6 Å². The Kier molecular flexibility index (Phi) is 7.40. The molecule has 0 spiro atoms. The van der Waals surface area contributed by atoms with E-state index in [0.29, 0.717) is 25.5 Å². The van der Waals surface area contributed by atoms with Crippen LogP contribution in [-0.4, -0.2) is 25.2 Å². The van der Waals surface area contributed by atoms with Crippen molar-refractivity contribution in [2.24, 2.45) is 0 Å². The molecular formula is C18H22F2N2O4. The Morgan fingerprint density at radius 1 is 1.23 bits per heavy atom. The zero-order chi connectivity index (χ0) is 18.9. The van der Waals surface area contributed by atoms with E-state index in [1.54, 1.807) is 44.4 Å². The Labute approximate surface area is 150 Å². The lowest BCUT2D eigenvalue weighted by Gasteiger charge is -2.15. The minimum atomic E-state index is -2.92. The molecule has 8 heteroatoms. The zero-order valence-electron chi connectivity index (χ0n) is 14.6. The number of furan rings is 1. The van der Waals surface area contributed by atoms with E-state index in [-0.39, 0.29) is 17.4 Å². The second kappa shape index (κ2) is 9.76. The van der Waals surface area contributed by atoms with Gasteiger partial charge >= 0.3 is 6.61 Å². The first kappa shape index (κ1) is 19.7. The van der Waals surface area contributed by atoms with E-state index >= 15 is 0 Å². The molecule has 26 heavy (non-hydrogen) atoms. The summed E-state index contributed by atoms with van der Waals surface area (Å²) in [7, 11) is 0. The van der Waals surface area contributed by atoms with E-state index in [1.165, 1.54) is 6.07 Å². The predicted molar refractivity (Wildman–Crippen MR) is 91.1 cm³/mol. The fourth-order valence-corrected chi connectivity index (χ4v) is 2.23. The van der Waals surface area contributed by atoms with Crippen molar-refractivity contribution in [3.8, 4) is 11.5 Å². The van der Waals surface area contributed by atoms with Gasteiger partial charge in [0, 0.05) is 6.54 Å². The van der Waals surface area contributed by atoms with E-state index in [0.717, 1.165) is 5.56 Å². The molecule has 2 N–H and O–H groups in total. The number of amides is 1. The molecule has 0 fully saturated rings. The topological polar surface area (TPSA) is 72.7 Å². The van der Waals surface area contributed by atoms with Crippen molar-refractivity contribution in [3.05, 3.63) is 47.9 Å². The second-order valence-electron chi connectivity index (χ2n) is 5.49. The quantitative estimate of drug-likeness (QED) is 0.674. The number of ether oxygens (including phenoxy) is 2. The van der Waals surface area contributed by atoms with Crippen LogP contribution in [0, 0.1) is 0 Å². The first-order valence-corrected chi connectivity index (χ1v) is 8.23. The van der Waals surface area contributed by atoms with Crippen LogP contribution in [0.4, 0.5) is 8.78 Å². The Morgan fingerprint density at radius 2 is 2.04 bits per heavy atom. The maximum atomic E-state index is 12.4. The highest BCUT2D eigenvalue weighted by Crippen LogP contribution is 2.29. The van der Waals surface area contributed by atoms with Crippen molar-refractivity contribution >= 4 is 5.91 Å². The molecule has 0 aliphatic heterocycles. The Balaban J connectivity index is 1.88. The second-order valence-corrected chi connectivity index (χ2v) is 5.49. The summed E-state index contributed by atoms with van der Waals surface area (Å²) in [6.07, 6.45) is 1.54. The molecule has 2 aromatic rings. The van der Waals surface area contributed by atoms with Crippen molar-refractivity contribution in [2.45, 2.75) is 39.6 Å². The van der Waals surface area contributed by atoms with Gasteiger partial charge in [-0.3, -0.25) is 4.79 Å². The molecule has 0 aliphatic carbocycles. The fourth-order valence-electron chi connectivity index (χ4n) is 2.23. The molecule has 0 radical (unpaired) electrons. The van der Waals surface area contributed by atoms with E-state index in [2.05, 4.69) is 15.4 Å². The van der Waals surface area contributed by atoms with Gasteiger partial charge in [-0.25, -0.2) is 0 Å². The molecule has 0 saturated heterocycles. The highest BCUT2D eigenvalue weighted by atomic mass is 19.3. The van der Waals surface area contributed by atoms with Gasteiger partial charge in [0.1, 0.15) is 5.76 Å². The van der Waals surface area contributed by atoms with Crippen molar-refractivity contribution in [2.75, 3.05) is 6.61 Å². The smallest absolute Gasteiger partial charge is 0.387 e. The Morgan fingerprint density at radius 3 is 2.69 bits per heavy atom. The Hall–Kier alpha value is -2.61. The molecule has 1 heterocycles. The maximum absolute atomic E-state index is 12.4. The molecule has 6 nitrogen and oxygen atoms in total. The summed E-state index contributed by atoms with van der Waals surface area (Å²) in [6, 6.07) is 7.76. The summed E-state index contributed by atoms with van der Waals surface area (Å²) < 4.78 is 39.8. The summed E-state index contributed by atoms with van der Waals surface area (Å²) in [6.45, 7) is 1.56. The number of hydrogen-bond donors (Lipinski definition) is 2. The summed E-state index contributed by atoms with van der Waals surface area (Å²) in [5.74, 6) is 0.711. The number of hydrogen-bond acceptors (Lipinski definition) is 5. The number of halogens is 2. The lowest BCUT2D eigenvalue weighted by Crippen LogP contribution is -2.41. The van der Waals surface area contributed by atoms with E-state index in [4.69, 9.17) is 9.15 Å². The van der Waals surface area contributed by atoms with Crippen molar-refractivity contribution in [3.63, 3.8) is 0 Å². The predicted octanol–water partition coefficient (Wildman–Crippen LogP) is 3.07. The van der Waals surface area contributed by atoms with Gasteiger partial charge in [-0.2, -0.15) is 8.78 Å². The normalized spacial score (nSPS) is 12.0. The molecule has 142 valence electrons. The third-order valence-electron chi connectivity index (χ3n) is 3.55. The summed E-state index contributed by atoms with van der Waals surface area (Å²) in [5.41, 5.74) is 0.778. The molecule has 1 aromatic carbocycles. The minimum Gasteiger partial charge on any atom is -0.490 e. The average molecular weight is 368 g/mol. The number of rotatable bonds is 10. The van der Waals surface area contributed by atoms with Crippen LogP contribution >= 0.6 is 0 Å². The zero-order valence-corrected chi connectivity index (χ0v) is 14.6. The van der Waals surface area contributed by atoms with Crippen LogP contribution in [0.3, 0.4) is 0 Å². The van der Waals surface area contributed by atoms with Gasteiger partial charge in [-0.15, -0.1) is 0 Å². The first-order chi connectivity index (χ1) is 12.5. The highest BCUT2D eigenvalue weighted by molar-refractivity contribution is 5.81. The molecule has 1 amide bonds. The third kappa shape index (κ3) is 6.03. The van der Waals surface area contributed by atoms with Crippen LogP contribution < -0.4 is 20.1 Å².